The fourth-order valence-electron chi connectivity index (χ4n) is 2.24. The number of hydrogen-bond donors (Lipinski definition) is 1. The van der Waals surface area contributed by atoms with Crippen LogP contribution in [0.3, 0.4) is 0 Å². The highest BCUT2D eigenvalue weighted by atomic mass is 32.2. The second-order valence-corrected chi connectivity index (χ2v) is 7.26. The summed E-state index contributed by atoms with van der Waals surface area (Å²) in [6, 6.07) is 0. The maximum atomic E-state index is 11.2. The first-order valence-corrected chi connectivity index (χ1v) is 7.53. The topological polar surface area (TPSA) is 63.4 Å². The minimum Gasteiger partial charge on any atom is -0.325 e. The Morgan fingerprint density at radius 2 is 1.80 bits per heavy atom. The van der Waals surface area contributed by atoms with E-state index in [2.05, 4.69) is 4.90 Å². The van der Waals surface area contributed by atoms with Crippen molar-refractivity contribution >= 4 is 9.84 Å². The molecule has 0 radical (unpaired) electrons. The molecule has 88 valence electrons. The Hall–Kier alpha value is -0.130. The van der Waals surface area contributed by atoms with Gasteiger partial charge in [-0.05, 0) is 32.2 Å². The Morgan fingerprint density at radius 1 is 1.20 bits per heavy atom. The van der Waals surface area contributed by atoms with Gasteiger partial charge in [0.05, 0.1) is 11.5 Å². The Morgan fingerprint density at radius 3 is 2.27 bits per heavy atom. The van der Waals surface area contributed by atoms with Crippen LogP contribution in [0.25, 0.3) is 0 Å². The van der Waals surface area contributed by atoms with Crippen LogP contribution < -0.4 is 5.73 Å². The van der Waals surface area contributed by atoms with E-state index in [1.165, 1.54) is 6.42 Å². The van der Waals surface area contributed by atoms with Crippen LogP contribution in [-0.2, 0) is 9.84 Å². The molecule has 0 aromatic rings. The molecule has 0 spiro atoms. The summed E-state index contributed by atoms with van der Waals surface area (Å²) in [7, 11) is -2.73. The molecule has 0 bridgehead atoms. The molecule has 1 saturated heterocycles. The van der Waals surface area contributed by atoms with Crippen molar-refractivity contribution < 1.29 is 8.42 Å². The van der Waals surface area contributed by atoms with Crippen molar-refractivity contribution in [3.63, 3.8) is 0 Å². The van der Waals surface area contributed by atoms with Crippen molar-refractivity contribution in [3.8, 4) is 0 Å². The first kappa shape index (κ1) is 11.4. The Bertz CT molecular complexity index is 308. The Kier molecular flexibility index (Phi) is 3.05. The molecule has 1 heterocycles. The van der Waals surface area contributed by atoms with Crippen LogP contribution in [-0.4, -0.2) is 50.0 Å². The number of sulfone groups is 1. The smallest absolute Gasteiger partial charge is 0.152 e. The minimum atomic E-state index is -2.73. The highest BCUT2D eigenvalue weighted by Crippen LogP contribution is 2.32. The molecular formula is C10H20N2O2S. The molecule has 0 atom stereocenters. The predicted octanol–water partition coefficient (Wildman–Crippen LogP) is -0.0117. The zero-order valence-corrected chi connectivity index (χ0v) is 9.93. The molecule has 0 aromatic carbocycles. The average molecular weight is 232 g/mol. The van der Waals surface area contributed by atoms with Gasteiger partial charge in [0.2, 0.25) is 0 Å². The van der Waals surface area contributed by atoms with Crippen LogP contribution in [0, 0.1) is 0 Å². The van der Waals surface area contributed by atoms with Crippen LogP contribution >= 0.6 is 0 Å². The third-order valence-corrected chi connectivity index (χ3v) is 5.32. The van der Waals surface area contributed by atoms with Gasteiger partial charge in [0.25, 0.3) is 0 Å². The van der Waals surface area contributed by atoms with Gasteiger partial charge in [-0.1, -0.05) is 0 Å². The molecule has 4 nitrogen and oxygen atoms in total. The van der Waals surface area contributed by atoms with Gasteiger partial charge in [-0.25, -0.2) is 8.42 Å². The van der Waals surface area contributed by atoms with Crippen LogP contribution in [0.15, 0.2) is 0 Å². The monoisotopic (exact) mass is 232 g/mol. The molecule has 1 saturated carbocycles. The van der Waals surface area contributed by atoms with Crippen molar-refractivity contribution in [2.75, 3.05) is 31.1 Å². The zero-order chi connectivity index (χ0) is 10.9. The molecular weight excluding hydrogens is 212 g/mol. The molecule has 0 aromatic heterocycles. The summed E-state index contributed by atoms with van der Waals surface area (Å²) in [5, 5.41) is 0. The molecule has 2 fully saturated rings. The average Bonchev–Trinajstić information content (AvgIpc) is 2.13. The Labute approximate surface area is 91.7 Å². The quantitative estimate of drug-likeness (QED) is 0.743. The minimum absolute atomic E-state index is 0.0658. The normalized spacial score (nSPS) is 29.7. The van der Waals surface area contributed by atoms with Gasteiger partial charge < -0.3 is 10.6 Å². The highest BCUT2D eigenvalue weighted by Gasteiger charge is 2.33. The summed E-state index contributed by atoms with van der Waals surface area (Å²) >= 11 is 0. The van der Waals surface area contributed by atoms with E-state index in [0.717, 1.165) is 25.8 Å². The van der Waals surface area contributed by atoms with Crippen molar-refractivity contribution in [2.45, 2.75) is 31.2 Å². The first-order chi connectivity index (χ1) is 6.99. The van der Waals surface area contributed by atoms with Crippen LogP contribution in [0.4, 0.5) is 0 Å². The summed E-state index contributed by atoms with van der Waals surface area (Å²) in [5.74, 6) is 0.648. The molecule has 1 aliphatic carbocycles. The van der Waals surface area contributed by atoms with Crippen molar-refractivity contribution in [3.05, 3.63) is 0 Å². The number of nitrogens with zero attached hydrogens (tertiary/aromatic N) is 1. The van der Waals surface area contributed by atoms with Gasteiger partial charge in [0.15, 0.2) is 9.84 Å². The number of rotatable bonds is 3. The van der Waals surface area contributed by atoms with E-state index in [1.807, 2.05) is 0 Å². The van der Waals surface area contributed by atoms with Gasteiger partial charge >= 0.3 is 0 Å². The summed E-state index contributed by atoms with van der Waals surface area (Å²) < 4.78 is 22.4. The second-order valence-electron chi connectivity index (χ2n) is 4.96. The van der Waals surface area contributed by atoms with Gasteiger partial charge in [-0.3, -0.25) is 0 Å². The second kappa shape index (κ2) is 4.03. The van der Waals surface area contributed by atoms with Crippen molar-refractivity contribution in [1.29, 1.82) is 0 Å². The molecule has 2 rings (SSSR count). The van der Waals surface area contributed by atoms with E-state index in [9.17, 15) is 8.42 Å². The van der Waals surface area contributed by atoms with Crippen LogP contribution in [0.2, 0.25) is 0 Å². The third-order valence-electron chi connectivity index (χ3n) is 3.71. The third kappa shape index (κ3) is 2.92. The summed E-state index contributed by atoms with van der Waals surface area (Å²) in [6.07, 6.45) is 4.55. The lowest BCUT2D eigenvalue weighted by Crippen LogP contribution is -2.50. The van der Waals surface area contributed by atoms with E-state index >= 15 is 0 Å². The molecule has 15 heavy (non-hydrogen) atoms. The molecule has 1 aliphatic heterocycles. The standard InChI is InChI=1S/C10H20N2O2S/c11-10(2-1-3-10)4-5-12-6-8-15(13,14)9-7-12/h1-9,11H2. The fourth-order valence-corrected chi connectivity index (χ4v) is 3.51. The van der Waals surface area contributed by atoms with E-state index in [1.54, 1.807) is 0 Å². The zero-order valence-electron chi connectivity index (χ0n) is 9.11. The lowest BCUT2D eigenvalue weighted by molar-refractivity contribution is 0.187. The van der Waals surface area contributed by atoms with Crippen molar-refractivity contribution in [2.24, 2.45) is 5.73 Å². The number of nitrogens with two attached hydrogens (primary N) is 1. The maximum Gasteiger partial charge on any atom is 0.152 e. The largest absolute Gasteiger partial charge is 0.325 e. The SMILES string of the molecule is NC1(CCN2CCS(=O)(=O)CC2)CCC1. The molecule has 5 heteroatoms. The Balaban J connectivity index is 1.73. The first-order valence-electron chi connectivity index (χ1n) is 5.71. The maximum absolute atomic E-state index is 11.2. The van der Waals surface area contributed by atoms with E-state index in [-0.39, 0.29) is 5.54 Å². The van der Waals surface area contributed by atoms with Gasteiger partial charge in [-0.15, -0.1) is 0 Å². The molecule has 2 aliphatic rings. The van der Waals surface area contributed by atoms with E-state index < -0.39 is 9.84 Å². The summed E-state index contributed by atoms with van der Waals surface area (Å²) in [6.45, 7) is 2.35. The van der Waals surface area contributed by atoms with E-state index in [0.29, 0.717) is 24.6 Å². The molecule has 0 unspecified atom stereocenters. The summed E-state index contributed by atoms with van der Waals surface area (Å²) in [4.78, 5) is 2.23. The van der Waals surface area contributed by atoms with Crippen LogP contribution in [0.5, 0.6) is 0 Å². The highest BCUT2D eigenvalue weighted by molar-refractivity contribution is 7.91. The fraction of sp³-hybridized carbons (Fsp3) is 1.00. The summed E-state index contributed by atoms with van der Waals surface area (Å²) in [5.41, 5.74) is 6.19. The van der Waals surface area contributed by atoms with Crippen LogP contribution in [0.1, 0.15) is 25.7 Å². The molecule has 2 N–H and O–H groups in total. The van der Waals surface area contributed by atoms with Crippen molar-refractivity contribution in [1.82, 2.24) is 4.90 Å². The lowest BCUT2D eigenvalue weighted by Gasteiger charge is -2.40. The lowest BCUT2D eigenvalue weighted by atomic mass is 9.75. The molecule has 0 amide bonds. The number of hydrogen-bond acceptors (Lipinski definition) is 4. The van der Waals surface area contributed by atoms with Gasteiger partial charge in [-0.2, -0.15) is 0 Å². The van der Waals surface area contributed by atoms with E-state index in [4.69, 9.17) is 5.73 Å². The predicted molar refractivity (Wildman–Crippen MR) is 60.5 cm³/mol. The van der Waals surface area contributed by atoms with Gasteiger partial charge in [0, 0.05) is 18.6 Å². The van der Waals surface area contributed by atoms with Gasteiger partial charge in [0.1, 0.15) is 0 Å².